The van der Waals surface area contributed by atoms with Crippen LogP contribution in [0.3, 0.4) is 0 Å². The number of halogens is 2. The summed E-state index contributed by atoms with van der Waals surface area (Å²) in [6, 6.07) is 25.3. The number of rotatable bonds is 8. The first kappa shape index (κ1) is 29.0. The highest BCUT2D eigenvalue weighted by molar-refractivity contribution is 6.33. The minimum Gasteiger partial charge on any atom is -0.354 e. The molecule has 0 unspecified atom stereocenters. The molecule has 1 fully saturated rings. The SMILES string of the molecule is CCCCNC(=O)NC1(c2ccccc2)CCN(c2ncnc3c2nc(-c2ccccc2Cl)n3-c2ccc(Cl)cc2)CC1. The molecule has 0 spiro atoms. The summed E-state index contributed by atoms with van der Waals surface area (Å²) in [6.07, 6.45) is 4.97. The van der Waals surface area contributed by atoms with E-state index in [1.807, 2.05) is 71.3 Å². The largest absolute Gasteiger partial charge is 0.354 e. The van der Waals surface area contributed by atoms with Gasteiger partial charge in [0.25, 0.3) is 0 Å². The first-order valence-corrected chi connectivity index (χ1v) is 15.4. The molecule has 43 heavy (non-hydrogen) atoms. The molecule has 5 aromatic rings. The number of fused-ring (bicyclic) bond motifs is 1. The van der Waals surface area contributed by atoms with E-state index in [4.69, 9.17) is 33.2 Å². The van der Waals surface area contributed by atoms with Crippen LogP contribution in [0.2, 0.25) is 10.0 Å². The third-order valence-electron chi connectivity index (χ3n) is 8.04. The fourth-order valence-electron chi connectivity index (χ4n) is 5.75. The molecule has 0 radical (unpaired) electrons. The lowest BCUT2D eigenvalue weighted by Crippen LogP contribution is -2.55. The van der Waals surface area contributed by atoms with Crippen LogP contribution in [0.15, 0.2) is 85.2 Å². The second-order valence-corrected chi connectivity index (χ2v) is 11.6. The zero-order valence-electron chi connectivity index (χ0n) is 23.9. The number of amides is 2. The van der Waals surface area contributed by atoms with Crippen LogP contribution in [-0.2, 0) is 5.54 Å². The molecule has 1 aliphatic heterocycles. The highest BCUT2D eigenvalue weighted by Gasteiger charge is 2.38. The van der Waals surface area contributed by atoms with Crippen LogP contribution in [-0.4, -0.2) is 45.2 Å². The summed E-state index contributed by atoms with van der Waals surface area (Å²) >= 11 is 12.9. The molecule has 10 heteroatoms. The Kier molecular flexibility index (Phi) is 8.49. The molecule has 8 nitrogen and oxygen atoms in total. The molecule has 1 aliphatic rings. The monoisotopic (exact) mass is 613 g/mol. The summed E-state index contributed by atoms with van der Waals surface area (Å²) in [5.41, 5.74) is 3.63. The maximum Gasteiger partial charge on any atom is 0.315 e. The van der Waals surface area contributed by atoms with Crippen LogP contribution >= 0.6 is 23.2 Å². The summed E-state index contributed by atoms with van der Waals surface area (Å²) in [5.74, 6) is 1.42. The molecule has 0 saturated carbocycles. The van der Waals surface area contributed by atoms with E-state index >= 15 is 0 Å². The van der Waals surface area contributed by atoms with Crippen LogP contribution in [0.4, 0.5) is 10.6 Å². The fraction of sp³-hybridized carbons (Fsp3) is 0.273. The molecule has 2 N–H and O–H groups in total. The average molecular weight is 615 g/mol. The van der Waals surface area contributed by atoms with Crippen molar-refractivity contribution in [3.8, 4) is 17.1 Å². The number of hydrogen-bond acceptors (Lipinski definition) is 5. The van der Waals surface area contributed by atoms with Crippen LogP contribution in [0.1, 0.15) is 38.2 Å². The van der Waals surface area contributed by atoms with Crippen molar-refractivity contribution in [2.75, 3.05) is 24.5 Å². The Morgan fingerprint density at radius 2 is 1.65 bits per heavy atom. The second-order valence-electron chi connectivity index (χ2n) is 10.8. The number of nitrogens with one attached hydrogen (secondary N) is 2. The van der Waals surface area contributed by atoms with Gasteiger partial charge in [-0.15, -0.1) is 0 Å². The normalized spacial score (nSPS) is 14.5. The van der Waals surface area contributed by atoms with Crippen LogP contribution in [0, 0.1) is 0 Å². The molecular weight excluding hydrogens is 581 g/mol. The molecule has 6 rings (SSSR count). The van der Waals surface area contributed by atoms with E-state index < -0.39 is 5.54 Å². The van der Waals surface area contributed by atoms with Gasteiger partial charge in [0, 0.05) is 35.9 Å². The number of urea groups is 1. The summed E-state index contributed by atoms with van der Waals surface area (Å²) in [6.45, 7) is 4.11. The van der Waals surface area contributed by atoms with Crippen molar-refractivity contribution in [2.45, 2.75) is 38.1 Å². The van der Waals surface area contributed by atoms with Gasteiger partial charge in [-0.05, 0) is 61.2 Å². The topological polar surface area (TPSA) is 88.0 Å². The fourth-order valence-corrected chi connectivity index (χ4v) is 6.10. The highest BCUT2D eigenvalue weighted by Crippen LogP contribution is 2.38. The Balaban J connectivity index is 1.37. The van der Waals surface area contributed by atoms with Crippen molar-refractivity contribution in [3.05, 3.63) is 101 Å². The third kappa shape index (κ3) is 5.90. The van der Waals surface area contributed by atoms with Crippen molar-refractivity contribution in [3.63, 3.8) is 0 Å². The molecule has 0 aliphatic carbocycles. The molecule has 1 saturated heterocycles. The van der Waals surface area contributed by atoms with Gasteiger partial charge in [0.15, 0.2) is 17.0 Å². The Morgan fingerprint density at radius 1 is 0.930 bits per heavy atom. The number of carbonyl (C=O) groups is 1. The molecule has 0 atom stereocenters. The number of carbonyl (C=O) groups excluding carboxylic acids is 1. The summed E-state index contributed by atoms with van der Waals surface area (Å²) in [5, 5.41) is 7.59. The Morgan fingerprint density at radius 3 is 2.37 bits per heavy atom. The molecule has 0 bridgehead atoms. The number of nitrogens with zero attached hydrogens (tertiary/aromatic N) is 5. The third-order valence-corrected chi connectivity index (χ3v) is 8.62. The average Bonchev–Trinajstić information content (AvgIpc) is 3.42. The quantitative estimate of drug-likeness (QED) is 0.178. The first-order chi connectivity index (χ1) is 21.0. The lowest BCUT2D eigenvalue weighted by atomic mass is 9.81. The van der Waals surface area contributed by atoms with E-state index in [9.17, 15) is 4.79 Å². The van der Waals surface area contributed by atoms with E-state index in [2.05, 4.69) is 39.6 Å². The van der Waals surface area contributed by atoms with Crippen LogP contribution in [0.5, 0.6) is 0 Å². The van der Waals surface area contributed by atoms with Gasteiger partial charge in [-0.2, -0.15) is 0 Å². The van der Waals surface area contributed by atoms with Crippen molar-refractivity contribution >= 4 is 46.2 Å². The number of benzene rings is 3. The highest BCUT2D eigenvalue weighted by atomic mass is 35.5. The number of hydrogen-bond donors (Lipinski definition) is 2. The number of imidazole rings is 1. The molecule has 2 amide bonds. The zero-order valence-corrected chi connectivity index (χ0v) is 25.4. The van der Waals surface area contributed by atoms with E-state index in [1.54, 1.807) is 6.33 Å². The standard InChI is InChI=1S/C33H33Cl2N7O/c1-2-3-19-36-32(43)40-33(23-9-5-4-6-10-23)17-20-41(21-18-33)30-28-31(38-22-37-30)42(25-15-13-24(34)14-16-25)29(39-28)26-11-7-8-12-27(26)35/h4-16,22H,2-3,17-21H2,1H3,(H2,36,40,43). The lowest BCUT2D eigenvalue weighted by molar-refractivity contribution is 0.211. The van der Waals surface area contributed by atoms with Gasteiger partial charge >= 0.3 is 6.03 Å². The number of unbranched alkanes of at least 4 members (excludes halogenated alkanes) is 1. The molecule has 3 heterocycles. The smallest absolute Gasteiger partial charge is 0.315 e. The van der Waals surface area contributed by atoms with Crippen molar-refractivity contribution in [1.82, 2.24) is 30.2 Å². The van der Waals surface area contributed by atoms with E-state index in [0.717, 1.165) is 35.5 Å². The van der Waals surface area contributed by atoms with Crippen molar-refractivity contribution in [1.29, 1.82) is 0 Å². The molecule has 220 valence electrons. The number of piperidine rings is 1. The number of aromatic nitrogens is 4. The van der Waals surface area contributed by atoms with E-state index in [0.29, 0.717) is 59.5 Å². The van der Waals surface area contributed by atoms with Gasteiger partial charge in [0.05, 0.1) is 10.6 Å². The Bertz CT molecular complexity index is 1720. The Labute approximate surface area is 261 Å². The predicted octanol–water partition coefficient (Wildman–Crippen LogP) is 7.38. The van der Waals surface area contributed by atoms with Gasteiger partial charge in [0.2, 0.25) is 0 Å². The van der Waals surface area contributed by atoms with E-state index in [1.165, 1.54) is 0 Å². The summed E-state index contributed by atoms with van der Waals surface area (Å²) in [4.78, 5) is 29.7. The first-order valence-electron chi connectivity index (χ1n) is 14.6. The van der Waals surface area contributed by atoms with Crippen molar-refractivity contribution < 1.29 is 4.79 Å². The summed E-state index contributed by atoms with van der Waals surface area (Å²) < 4.78 is 2.00. The van der Waals surface area contributed by atoms with Gasteiger partial charge < -0.3 is 15.5 Å². The molecule has 3 aromatic carbocycles. The van der Waals surface area contributed by atoms with E-state index in [-0.39, 0.29) is 6.03 Å². The maximum absolute atomic E-state index is 13.0. The predicted molar refractivity (Wildman–Crippen MR) is 173 cm³/mol. The number of anilines is 1. The molecule has 2 aromatic heterocycles. The van der Waals surface area contributed by atoms with Gasteiger partial charge in [-0.1, -0.05) is 79.0 Å². The second kappa shape index (κ2) is 12.6. The Hall–Kier alpha value is -4.14. The van der Waals surface area contributed by atoms with Crippen molar-refractivity contribution in [2.24, 2.45) is 0 Å². The van der Waals surface area contributed by atoms with Crippen LogP contribution < -0.4 is 15.5 Å². The van der Waals surface area contributed by atoms with Crippen LogP contribution in [0.25, 0.3) is 28.2 Å². The minimum absolute atomic E-state index is 0.138. The molecular formula is C33H33Cl2N7O. The van der Waals surface area contributed by atoms with Gasteiger partial charge in [-0.3, -0.25) is 4.57 Å². The minimum atomic E-state index is -0.494. The lowest BCUT2D eigenvalue weighted by Gasteiger charge is -2.43. The van der Waals surface area contributed by atoms with Gasteiger partial charge in [-0.25, -0.2) is 19.7 Å². The zero-order chi connectivity index (χ0) is 29.8. The maximum atomic E-state index is 13.0. The summed E-state index contributed by atoms with van der Waals surface area (Å²) in [7, 11) is 0. The van der Waals surface area contributed by atoms with Gasteiger partial charge in [0.1, 0.15) is 12.2 Å².